The summed E-state index contributed by atoms with van der Waals surface area (Å²) < 4.78 is 4.20. The highest BCUT2D eigenvalue weighted by atomic mass is 32.1. The molecule has 18 heavy (non-hydrogen) atoms. The Morgan fingerprint density at radius 2 is 2.22 bits per heavy atom. The largest absolute Gasteiger partial charge is 0.387 e. The number of nitrogen functional groups attached to an aromatic ring is 1. The smallest absolute Gasteiger partial charge is 0.142 e. The number of nitrogens with zero attached hydrogens (tertiary/aromatic N) is 2. The fourth-order valence-electron chi connectivity index (χ4n) is 2.21. The number of rotatable bonds is 6. The molecule has 1 heterocycles. The Bertz CT molecular complexity index is 412. The molecule has 1 aromatic heterocycles. The van der Waals surface area contributed by atoms with E-state index in [1.54, 1.807) is 0 Å². The zero-order chi connectivity index (χ0) is 13.3. The second-order valence-corrected chi connectivity index (χ2v) is 6.45. The van der Waals surface area contributed by atoms with Crippen LogP contribution in [0.4, 0.5) is 10.8 Å². The van der Waals surface area contributed by atoms with Gasteiger partial charge < -0.3 is 21.1 Å². The van der Waals surface area contributed by atoms with Gasteiger partial charge in [-0.1, -0.05) is 0 Å². The van der Waals surface area contributed by atoms with Gasteiger partial charge in [-0.25, -0.2) is 0 Å². The number of nitrogens with two attached hydrogens (primary N) is 1. The molecule has 0 spiro atoms. The number of aromatic nitrogens is 1. The van der Waals surface area contributed by atoms with Gasteiger partial charge in [-0.2, -0.15) is 4.37 Å². The van der Waals surface area contributed by atoms with Gasteiger partial charge in [0.15, 0.2) is 0 Å². The number of hydrogen-bond donors (Lipinski definition) is 3. The lowest BCUT2D eigenvalue weighted by atomic mass is 10.1. The third-order valence-corrected chi connectivity index (χ3v) is 3.86. The topological polar surface area (TPSA) is 74.4 Å². The Kier molecular flexibility index (Phi) is 3.79. The minimum absolute atomic E-state index is 0.506. The van der Waals surface area contributed by atoms with E-state index in [9.17, 15) is 5.11 Å². The fraction of sp³-hybridized carbons (Fsp3) is 0.750. The molecule has 0 radical (unpaired) electrons. The highest BCUT2D eigenvalue weighted by Crippen LogP contribution is 2.47. The van der Waals surface area contributed by atoms with Crippen LogP contribution in [0.2, 0.25) is 0 Å². The van der Waals surface area contributed by atoms with Crippen LogP contribution in [0.5, 0.6) is 0 Å². The molecule has 6 heteroatoms. The van der Waals surface area contributed by atoms with E-state index in [0.717, 1.165) is 10.6 Å². The second kappa shape index (κ2) is 5.03. The van der Waals surface area contributed by atoms with E-state index >= 15 is 0 Å². The fourth-order valence-corrected chi connectivity index (χ4v) is 3.01. The summed E-state index contributed by atoms with van der Waals surface area (Å²) in [5.41, 5.74) is 6.28. The van der Waals surface area contributed by atoms with E-state index in [1.807, 2.05) is 25.9 Å². The zero-order valence-electron chi connectivity index (χ0n) is 11.2. The molecule has 2 rings (SSSR count). The molecule has 0 saturated heterocycles. The summed E-state index contributed by atoms with van der Waals surface area (Å²) in [4.78, 5) is 1.98. The van der Waals surface area contributed by atoms with Crippen LogP contribution in [-0.2, 0) is 0 Å². The SMILES string of the molecule is CN(C)CC(C)(O)CNc1snc(N)c1C1CC1. The van der Waals surface area contributed by atoms with E-state index in [2.05, 4.69) is 9.69 Å². The first kappa shape index (κ1) is 13.6. The van der Waals surface area contributed by atoms with Crippen LogP contribution < -0.4 is 11.1 Å². The van der Waals surface area contributed by atoms with Crippen molar-refractivity contribution < 1.29 is 5.11 Å². The monoisotopic (exact) mass is 270 g/mol. The third-order valence-electron chi connectivity index (χ3n) is 3.03. The molecule has 0 amide bonds. The van der Waals surface area contributed by atoms with Gasteiger partial charge in [-0.3, -0.25) is 0 Å². The summed E-state index contributed by atoms with van der Waals surface area (Å²) in [5, 5.41) is 14.6. The van der Waals surface area contributed by atoms with Crippen molar-refractivity contribution in [2.24, 2.45) is 0 Å². The van der Waals surface area contributed by atoms with Gasteiger partial charge in [0.05, 0.1) is 5.60 Å². The maximum atomic E-state index is 10.2. The minimum Gasteiger partial charge on any atom is -0.387 e. The number of likely N-dealkylation sites (N-methyl/N-ethyl adjacent to an activating group) is 1. The Balaban J connectivity index is 1.97. The summed E-state index contributed by atoms with van der Waals surface area (Å²) >= 11 is 1.39. The van der Waals surface area contributed by atoms with Crippen molar-refractivity contribution in [3.8, 4) is 0 Å². The Labute approximate surface area is 112 Å². The molecule has 0 aromatic carbocycles. The molecular formula is C12H22N4OS. The van der Waals surface area contributed by atoms with E-state index in [1.165, 1.54) is 24.4 Å². The first-order valence-electron chi connectivity index (χ1n) is 6.25. The number of hydrogen-bond acceptors (Lipinski definition) is 6. The number of nitrogens with one attached hydrogen (secondary N) is 1. The molecule has 4 N–H and O–H groups in total. The van der Waals surface area contributed by atoms with Gasteiger partial charge >= 0.3 is 0 Å². The summed E-state index contributed by atoms with van der Waals surface area (Å²) in [6.45, 7) is 2.96. The lowest BCUT2D eigenvalue weighted by Gasteiger charge is -2.27. The van der Waals surface area contributed by atoms with E-state index in [-0.39, 0.29) is 0 Å². The van der Waals surface area contributed by atoms with Gasteiger partial charge in [0.25, 0.3) is 0 Å². The lowest BCUT2D eigenvalue weighted by Crippen LogP contribution is -2.43. The lowest BCUT2D eigenvalue weighted by molar-refractivity contribution is 0.0460. The zero-order valence-corrected chi connectivity index (χ0v) is 12.0. The molecule has 1 atom stereocenters. The highest BCUT2D eigenvalue weighted by Gasteiger charge is 2.31. The van der Waals surface area contributed by atoms with Crippen LogP contribution in [0, 0.1) is 0 Å². The van der Waals surface area contributed by atoms with Gasteiger partial charge in [0, 0.05) is 18.7 Å². The van der Waals surface area contributed by atoms with Crippen LogP contribution in [0.3, 0.4) is 0 Å². The molecule has 1 aromatic rings. The van der Waals surface area contributed by atoms with Crippen LogP contribution in [0.25, 0.3) is 0 Å². The first-order chi connectivity index (χ1) is 8.39. The summed E-state index contributed by atoms with van der Waals surface area (Å²) in [7, 11) is 3.91. The Hall–Kier alpha value is -0.850. The molecule has 0 bridgehead atoms. The summed E-state index contributed by atoms with van der Waals surface area (Å²) in [6.07, 6.45) is 2.40. The highest BCUT2D eigenvalue weighted by molar-refractivity contribution is 7.10. The maximum Gasteiger partial charge on any atom is 0.142 e. The quantitative estimate of drug-likeness (QED) is 0.727. The second-order valence-electron chi connectivity index (χ2n) is 5.67. The summed E-state index contributed by atoms with van der Waals surface area (Å²) in [5.74, 6) is 1.22. The molecule has 5 nitrogen and oxygen atoms in total. The normalized spacial score (nSPS) is 18.9. The average Bonchev–Trinajstić information content (AvgIpc) is 2.99. The Morgan fingerprint density at radius 3 is 2.78 bits per heavy atom. The number of anilines is 2. The van der Waals surface area contributed by atoms with Crippen molar-refractivity contribution in [1.82, 2.24) is 9.27 Å². The van der Waals surface area contributed by atoms with Crippen LogP contribution in [0.1, 0.15) is 31.2 Å². The van der Waals surface area contributed by atoms with Crippen LogP contribution in [-0.4, -0.2) is 47.2 Å². The molecule has 1 unspecified atom stereocenters. The predicted molar refractivity (Wildman–Crippen MR) is 76.2 cm³/mol. The standard InChI is InChI=1S/C12H22N4OS/c1-12(17,7-16(2)3)6-14-11-9(8-4-5-8)10(13)15-18-11/h8,14,17H,4-7H2,1-3H3,(H2,13,15). The van der Waals surface area contributed by atoms with Gasteiger partial charge in [0.1, 0.15) is 10.8 Å². The van der Waals surface area contributed by atoms with Gasteiger partial charge in [0.2, 0.25) is 0 Å². The van der Waals surface area contributed by atoms with Crippen molar-refractivity contribution in [1.29, 1.82) is 0 Å². The molecule has 102 valence electrons. The molecule has 1 aliphatic rings. The van der Waals surface area contributed by atoms with Gasteiger partial charge in [-0.05, 0) is 51.3 Å². The van der Waals surface area contributed by atoms with Crippen molar-refractivity contribution in [3.63, 3.8) is 0 Å². The predicted octanol–water partition coefficient (Wildman–Crippen LogP) is 1.33. The molecule has 0 aliphatic heterocycles. The average molecular weight is 270 g/mol. The van der Waals surface area contributed by atoms with Crippen LogP contribution >= 0.6 is 11.5 Å². The molecule has 1 fully saturated rings. The molecular weight excluding hydrogens is 248 g/mol. The third kappa shape index (κ3) is 3.34. The first-order valence-corrected chi connectivity index (χ1v) is 7.02. The van der Waals surface area contributed by atoms with Crippen LogP contribution in [0.15, 0.2) is 0 Å². The maximum absolute atomic E-state index is 10.2. The van der Waals surface area contributed by atoms with E-state index < -0.39 is 5.60 Å². The minimum atomic E-state index is -0.761. The van der Waals surface area contributed by atoms with E-state index in [4.69, 9.17) is 5.73 Å². The van der Waals surface area contributed by atoms with E-state index in [0.29, 0.717) is 24.8 Å². The number of aliphatic hydroxyl groups is 1. The van der Waals surface area contributed by atoms with Crippen molar-refractivity contribution in [2.45, 2.75) is 31.3 Å². The molecule has 1 aliphatic carbocycles. The van der Waals surface area contributed by atoms with Crippen molar-refractivity contribution in [3.05, 3.63) is 5.56 Å². The van der Waals surface area contributed by atoms with Crippen molar-refractivity contribution >= 4 is 22.4 Å². The molecule has 1 saturated carbocycles. The van der Waals surface area contributed by atoms with Gasteiger partial charge in [-0.15, -0.1) is 0 Å². The summed E-state index contributed by atoms with van der Waals surface area (Å²) in [6, 6.07) is 0. The van der Waals surface area contributed by atoms with Crippen molar-refractivity contribution in [2.75, 3.05) is 38.2 Å². The Morgan fingerprint density at radius 1 is 1.56 bits per heavy atom.